The van der Waals surface area contributed by atoms with Crippen LogP contribution in [0.25, 0.3) is 0 Å². The molecule has 2 aliphatic rings. The Labute approximate surface area is 113 Å². The molecule has 0 aromatic rings. The van der Waals surface area contributed by atoms with E-state index in [1.54, 1.807) is 0 Å². The quantitative estimate of drug-likeness (QED) is 0.698. The maximum absolute atomic E-state index is 12.4. The summed E-state index contributed by atoms with van der Waals surface area (Å²) in [6.45, 7) is 5.20. The fraction of sp³-hybridized carbons (Fsp3) is 0.846. The molecule has 19 heavy (non-hydrogen) atoms. The molecule has 0 radical (unpaired) electrons. The first-order valence-electron chi connectivity index (χ1n) is 7.10. The van der Waals surface area contributed by atoms with Crippen molar-refractivity contribution < 1.29 is 14.7 Å². The number of imide groups is 1. The summed E-state index contributed by atoms with van der Waals surface area (Å²) in [6.07, 6.45) is 2.92. The van der Waals surface area contributed by atoms with Gasteiger partial charge in [0.25, 0.3) is 5.91 Å². The third kappa shape index (κ3) is 2.74. The number of nitrogens with one attached hydrogen (secondary N) is 1. The first-order valence-corrected chi connectivity index (χ1v) is 7.10. The molecule has 0 bridgehead atoms. The van der Waals surface area contributed by atoms with Gasteiger partial charge in [-0.3, -0.25) is 9.69 Å². The fourth-order valence-electron chi connectivity index (χ4n) is 2.92. The number of hydrogen-bond donors (Lipinski definition) is 2. The molecule has 3 amide bonds. The normalized spacial score (nSPS) is 23.2. The van der Waals surface area contributed by atoms with Crippen molar-refractivity contribution in [3.05, 3.63) is 0 Å². The van der Waals surface area contributed by atoms with Gasteiger partial charge < -0.3 is 15.3 Å². The number of urea groups is 1. The summed E-state index contributed by atoms with van der Waals surface area (Å²) < 4.78 is 0. The Morgan fingerprint density at radius 3 is 2.53 bits per heavy atom. The van der Waals surface area contributed by atoms with Gasteiger partial charge in [0.1, 0.15) is 5.54 Å². The van der Waals surface area contributed by atoms with Gasteiger partial charge in [-0.05, 0) is 32.2 Å². The number of rotatable bonds is 5. The monoisotopic (exact) mass is 269 g/mol. The molecule has 2 fully saturated rings. The summed E-state index contributed by atoms with van der Waals surface area (Å²) in [4.78, 5) is 27.9. The predicted octanol–water partition coefficient (Wildman–Crippen LogP) is 0.165. The minimum atomic E-state index is -0.684. The number of aliphatic hydroxyl groups is 1. The number of hydrogen-bond acceptors (Lipinski definition) is 4. The second kappa shape index (κ2) is 5.88. The number of likely N-dealkylation sites (tertiary alicyclic amines) is 1. The highest BCUT2D eigenvalue weighted by atomic mass is 16.3. The summed E-state index contributed by atoms with van der Waals surface area (Å²) in [5.41, 5.74) is -0.684. The van der Waals surface area contributed by atoms with Crippen LogP contribution in [0.1, 0.15) is 32.6 Å². The Morgan fingerprint density at radius 2 is 1.95 bits per heavy atom. The SMILES string of the molecule is CCCN1CCC2(CC1)NC(=O)N(CCCO)C2=O. The van der Waals surface area contributed by atoms with Crippen LogP contribution in [0.5, 0.6) is 0 Å². The summed E-state index contributed by atoms with van der Waals surface area (Å²) in [5, 5.41) is 11.7. The van der Waals surface area contributed by atoms with Crippen molar-refractivity contribution in [1.29, 1.82) is 0 Å². The number of nitrogens with zero attached hydrogens (tertiary/aromatic N) is 2. The number of aliphatic hydroxyl groups excluding tert-OH is 1. The van der Waals surface area contributed by atoms with Crippen LogP contribution in [-0.4, -0.2) is 65.2 Å². The molecular formula is C13H23N3O3. The van der Waals surface area contributed by atoms with Gasteiger partial charge in [0.15, 0.2) is 0 Å². The lowest BCUT2D eigenvalue weighted by atomic mass is 9.87. The topological polar surface area (TPSA) is 72.9 Å². The average Bonchev–Trinajstić information content (AvgIpc) is 2.63. The molecule has 0 aliphatic carbocycles. The molecule has 108 valence electrons. The van der Waals surface area contributed by atoms with Crippen molar-refractivity contribution in [1.82, 2.24) is 15.1 Å². The zero-order chi connectivity index (χ0) is 13.9. The number of carbonyl (C=O) groups is 2. The lowest BCUT2D eigenvalue weighted by Crippen LogP contribution is -2.55. The molecule has 2 heterocycles. The van der Waals surface area contributed by atoms with Gasteiger partial charge in [-0.15, -0.1) is 0 Å². The number of amides is 3. The molecule has 0 aromatic carbocycles. The van der Waals surface area contributed by atoms with E-state index >= 15 is 0 Å². The standard InChI is InChI=1S/C13H23N3O3/c1-2-6-15-8-4-13(5-9-15)11(18)16(7-3-10-17)12(19)14-13/h17H,2-10H2,1H3,(H,14,19). The van der Waals surface area contributed by atoms with Crippen molar-refractivity contribution >= 4 is 11.9 Å². The predicted molar refractivity (Wildman–Crippen MR) is 70.6 cm³/mol. The number of piperidine rings is 1. The Hall–Kier alpha value is -1.14. The van der Waals surface area contributed by atoms with Crippen molar-refractivity contribution in [2.75, 3.05) is 32.8 Å². The zero-order valence-corrected chi connectivity index (χ0v) is 11.5. The molecule has 2 N–H and O–H groups in total. The molecule has 2 saturated heterocycles. The second-order valence-corrected chi connectivity index (χ2v) is 5.39. The molecule has 2 rings (SSSR count). The van der Waals surface area contributed by atoms with Gasteiger partial charge >= 0.3 is 6.03 Å². The maximum atomic E-state index is 12.4. The second-order valence-electron chi connectivity index (χ2n) is 5.39. The highest BCUT2D eigenvalue weighted by Gasteiger charge is 2.51. The molecule has 0 aromatic heterocycles. The fourth-order valence-corrected chi connectivity index (χ4v) is 2.92. The molecule has 0 unspecified atom stereocenters. The van der Waals surface area contributed by atoms with Crippen LogP contribution >= 0.6 is 0 Å². The lowest BCUT2D eigenvalue weighted by molar-refractivity contribution is -0.133. The third-order valence-corrected chi connectivity index (χ3v) is 4.04. The van der Waals surface area contributed by atoms with Crippen LogP contribution in [0.2, 0.25) is 0 Å². The highest BCUT2D eigenvalue weighted by molar-refractivity contribution is 6.07. The van der Waals surface area contributed by atoms with Crippen molar-refractivity contribution in [3.63, 3.8) is 0 Å². The van der Waals surface area contributed by atoms with Gasteiger partial charge in [-0.2, -0.15) is 0 Å². The van der Waals surface area contributed by atoms with E-state index in [0.29, 0.717) is 25.8 Å². The smallest absolute Gasteiger partial charge is 0.325 e. The first kappa shape index (κ1) is 14.3. The Bertz CT molecular complexity index is 351. The first-order chi connectivity index (χ1) is 9.13. The maximum Gasteiger partial charge on any atom is 0.325 e. The van der Waals surface area contributed by atoms with E-state index < -0.39 is 5.54 Å². The molecule has 2 aliphatic heterocycles. The van der Waals surface area contributed by atoms with Gasteiger partial charge in [-0.1, -0.05) is 6.92 Å². The van der Waals surface area contributed by atoms with Crippen molar-refractivity contribution in [3.8, 4) is 0 Å². The van der Waals surface area contributed by atoms with E-state index in [2.05, 4.69) is 17.1 Å². The molecule has 0 atom stereocenters. The van der Waals surface area contributed by atoms with E-state index in [0.717, 1.165) is 26.1 Å². The summed E-state index contributed by atoms with van der Waals surface area (Å²) in [5.74, 6) is -0.109. The van der Waals surface area contributed by atoms with Gasteiger partial charge in [0.05, 0.1) is 0 Å². The van der Waals surface area contributed by atoms with E-state index in [1.165, 1.54) is 4.90 Å². The van der Waals surface area contributed by atoms with Crippen LogP contribution in [0.3, 0.4) is 0 Å². The van der Waals surface area contributed by atoms with Gasteiger partial charge in [0.2, 0.25) is 0 Å². The summed E-state index contributed by atoms with van der Waals surface area (Å²) >= 11 is 0. The van der Waals surface area contributed by atoms with Crippen LogP contribution < -0.4 is 5.32 Å². The largest absolute Gasteiger partial charge is 0.396 e. The van der Waals surface area contributed by atoms with E-state index in [1.807, 2.05) is 0 Å². The summed E-state index contributed by atoms with van der Waals surface area (Å²) in [6, 6.07) is -0.303. The van der Waals surface area contributed by atoms with Crippen molar-refractivity contribution in [2.24, 2.45) is 0 Å². The Morgan fingerprint density at radius 1 is 1.26 bits per heavy atom. The minimum absolute atomic E-state index is 0.00562. The van der Waals surface area contributed by atoms with E-state index in [9.17, 15) is 9.59 Å². The van der Waals surface area contributed by atoms with Gasteiger partial charge in [-0.25, -0.2) is 4.79 Å². The molecule has 1 spiro atoms. The minimum Gasteiger partial charge on any atom is -0.396 e. The third-order valence-electron chi connectivity index (χ3n) is 4.04. The lowest BCUT2D eigenvalue weighted by Gasteiger charge is -2.37. The van der Waals surface area contributed by atoms with Crippen LogP contribution in [-0.2, 0) is 4.79 Å². The molecular weight excluding hydrogens is 246 g/mol. The molecule has 6 heteroatoms. The Balaban J connectivity index is 1.98. The van der Waals surface area contributed by atoms with Gasteiger partial charge in [0, 0.05) is 26.2 Å². The average molecular weight is 269 g/mol. The van der Waals surface area contributed by atoms with Crippen LogP contribution in [0, 0.1) is 0 Å². The Kier molecular flexibility index (Phi) is 4.42. The van der Waals surface area contributed by atoms with E-state index in [4.69, 9.17) is 5.11 Å². The number of carbonyl (C=O) groups excluding carboxylic acids is 2. The molecule has 6 nitrogen and oxygen atoms in total. The highest BCUT2D eigenvalue weighted by Crippen LogP contribution is 2.29. The van der Waals surface area contributed by atoms with Crippen molar-refractivity contribution in [2.45, 2.75) is 38.1 Å². The zero-order valence-electron chi connectivity index (χ0n) is 11.5. The molecule has 0 saturated carbocycles. The summed E-state index contributed by atoms with van der Waals surface area (Å²) in [7, 11) is 0. The van der Waals surface area contributed by atoms with Crippen LogP contribution in [0.4, 0.5) is 4.79 Å². The van der Waals surface area contributed by atoms with E-state index in [-0.39, 0.29) is 18.5 Å². The van der Waals surface area contributed by atoms with Crippen LogP contribution in [0.15, 0.2) is 0 Å².